The van der Waals surface area contributed by atoms with Crippen molar-refractivity contribution >= 4 is 62.3 Å². The molecule has 0 aliphatic rings. The molecular formula is C30H34Cl3N3O6S. The van der Waals surface area contributed by atoms with Crippen LogP contribution in [0.3, 0.4) is 0 Å². The molecule has 0 aliphatic carbocycles. The molecule has 3 rings (SSSR count). The molecule has 0 spiro atoms. The van der Waals surface area contributed by atoms with E-state index in [1.54, 1.807) is 39.0 Å². The molecule has 0 heterocycles. The van der Waals surface area contributed by atoms with E-state index in [0.717, 1.165) is 4.31 Å². The van der Waals surface area contributed by atoms with Crippen molar-refractivity contribution in [2.45, 2.75) is 50.7 Å². The van der Waals surface area contributed by atoms with E-state index in [1.165, 1.54) is 61.6 Å². The number of benzene rings is 3. The predicted octanol–water partition coefficient (Wildman–Crippen LogP) is 6.19. The Morgan fingerprint density at radius 3 is 2.05 bits per heavy atom. The van der Waals surface area contributed by atoms with Crippen molar-refractivity contribution < 1.29 is 27.5 Å². The van der Waals surface area contributed by atoms with E-state index in [-0.39, 0.29) is 35.3 Å². The highest BCUT2D eigenvalue weighted by atomic mass is 35.5. The highest BCUT2D eigenvalue weighted by molar-refractivity contribution is 7.92. The lowest BCUT2D eigenvalue weighted by atomic mass is 10.1. The van der Waals surface area contributed by atoms with Gasteiger partial charge < -0.3 is 19.7 Å². The number of nitrogens with zero attached hydrogens (tertiary/aromatic N) is 2. The number of hydrogen-bond acceptors (Lipinski definition) is 6. The van der Waals surface area contributed by atoms with E-state index in [4.69, 9.17) is 44.3 Å². The Labute approximate surface area is 267 Å². The Morgan fingerprint density at radius 2 is 1.51 bits per heavy atom. The lowest BCUT2D eigenvalue weighted by molar-refractivity contribution is -0.140. The second-order valence-corrected chi connectivity index (χ2v) is 12.9. The summed E-state index contributed by atoms with van der Waals surface area (Å²) in [7, 11) is -1.54. The largest absolute Gasteiger partial charge is 0.493 e. The van der Waals surface area contributed by atoms with Crippen LogP contribution >= 0.6 is 34.8 Å². The van der Waals surface area contributed by atoms with Gasteiger partial charge in [-0.05, 0) is 68.8 Å². The fraction of sp³-hybridized carbons (Fsp3) is 0.333. The quantitative estimate of drug-likeness (QED) is 0.233. The standard InChI is InChI=1S/C30H34Cl3N3O6S/c1-6-26(30(38)34-19(2)3)35(17-23-24(32)8-7-9-25(23)33)29(37)18-36(21-12-10-20(31)11-13-21)43(39,40)22-14-15-27(41-4)28(16-22)42-5/h7-16,19,26H,6,17-18H2,1-5H3,(H,34,38)/t26-/m0/s1. The minimum Gasteiger partial charge on any atom is -0.493 e. The van der Waals surface area contributed by atoms with Gasteiger partial charge in [-0.25, -0.2) is 8.42 Å². The number of anilines is 1. The Bertz CT molecular complexity index is 1530. The van der Waals surface area contributed by atoms with Crippen molar-refractivity contribution in [3.8, 4) is 11.5 Å². The maximum atomic E-state index is 14.2. The maximum Gasteiger partial charge on any atom is 0.264 e. The summed E-state index contributed by atoms with van der Waals surface area (Å²) in [4.78, 5) is 28.6. The Morgan fingerprint density at radius 1 is 0.907 bits per heavy atom. The van der Waals surface area contributed by atoms with E-state index in [0.29, 0.717) is 26.4 Å². The molecule has 1 N–H and O–H groups in total. The van der Waals surface area contributed by atoms with Gasteiger partial charge in [0.15, 0.2) is 11.5 Å². The molecule has 9 nitrogen and oxygen atoms in total. The minimum absolute atomic E-state index is 0.133. The first-order valence-electron chi connectivity index (χ1n) is 13.4. The number of sulfonamides is 1. The average molecular weight is 671 g/mol. The van der Waals surface area contributed by atoms with Crippen LogP contribution in [0.25, 0.3) is 0 Å². The zero-order chi connectivity index (χ0) is 31.9. The Kier molecular flexibility index (Phi) is 12.0. The highest BCUT2D eigenvalue weighted by Gasteiger charge is 2.34. The van der Waals surface area contributed by atoms with Gasteiger partial charge in [0.05, 0.1) is 24.8 Å². The molecule has 0 fully saturated rings. The van der Waals surface area contributed by atoms with Gasteiger partial charge >= 0.3 is 0 Å². The summed E-state index contributed by atoms with van der Waals surface area (Å²) in [5, 5.41) is 3.83. The molecule has 2 amide bonds. The molecule has 3 aromatic rings. The van der Waals surface area contributed by atoms with Gasteiger partial charge in [-0.15, -0.1) is 0 Å². The molecule has 0 aliphatic heterocycles. The summed E-state index contributed by atoms with van der Waals surface area (Å²) >= 11 is 19.0. The molecule has 0 bridgehead atoms. The summed E-state index contributed by atoms with van der Waals surface area (Å²) in [6, 6.07) is 13.9. The average Bonchev–Trinajstić information content (AvgIpc) is 2.96. The number of methoxy groups -OCH3 is 2. The van der Waals surface area contributed by atoms with E-state index in [2.05, 4.69) is 5.32 Å². The second kappa shape index (κ2) is 15.0. The maximum absolute atomic E-state index is 14.2. The molecule has 0 radical (unpaired) electrons. The second-order valence-electron chi connectivity index (χ2n) is 9.81. The lowest BCUT2D eigenvalue weighted by Crippen LogP contribution is -2.53. The number of carbonyl (C=O) groups excluding carboxylic acids is 2. The fourth-order valence-electron chi connectivity index (χ4n) is 4.39. The summed E-state index contributed by atoms with van der Waals surface area (Å²) in [6.07, 6.45) is 0.246. The van der Waals surface area contributed by atoms with Gasteiger partial charge in [0.2, 0.25) is 11.8 Å². The number of carbonyl (C=O) groups is 2. The topological polar surface area (TPSA) is 105 Å². The number of halogens is 3. The third-order valence-corrected chi connectivity index (χ3v) is 9.27. The molecule has 0 aromatic heterocycles. The smallest absolute Gasteiger partial charge is 0.264 e. The van der Waals surface area contributed by atoms with Crippen molar-refractivity contribution in [2.24, 2.45) is 0 Å². The van der Waals surface area contributed by atoms with Crippen LogP contribution in [0.2, 0.25) is 15.1 Å². The predicted molar refractivity (Wildman–Crippen MR) is 170 cm³/mol. The molecule has 0 saturated carbocycles. The van der Waals surface area contributed by atoms with Crippen LogP contribution < -0.4 is 19.1 Å². The van der Waals surface area contributed by atoms with Crippen LogP contribution in [-0.2, 0) is 26.2 Å². The third kappa shape index (κ3) is 8.26. The third-order valence-electron chi connectivity index (χ3n) is 6.54. The monoisotopic (exact) mass is 669 g/mol. The van der Waals surface area contributed by atoms with Crippen LogP contribution in [-0.4, -0.2) is 58.0 Å². The first-order valence-corrected chi connectivity index (χ1v) is 15.9. The number of ether oxygens (including phenoxy) is 2. The van der Waals surface area contributed by atoms with E-state index in [9.17, 15) is 18.0 Å². The molecular weight excluding hydrogens is 637 g/mol. The van der Waals surface area contributed by atoms with E-state index < -0.39 is 34.4 Å². The van der Waals surface area contributed by atoms with Gasteiger partial charge in [0.25, 0.3) is 10.0 Å². The zero-order valence-corrected chi connectivity index (χ0v) is 27.5. The van der Waals surface area contributed by atoms with Gasteiger partial charge in [0.1, 0.15) is 12.6 Å². The van der Waals surface area contributed by atoms with Crippen molar-refractivity contribution in [3.05, 3.63) is 81.3 Å². The number of hydrogen-bond donors (Lipinski definition) is 1. The van der Waals surface area contributed by atoms with Crippen LogP contribution in [0.5, 0.6) is 11.5 Å². The summed E-state index contributed by atoms with van der Waals surface area (Å²) in [5.41, 5.74) is 0.610. The molecule has 13 heteroatoms. The van der Waals surface area contributed by atoms with Crippen molar-refractivity contribution in [1.82, 2.24) is 10.2 Å². The van der Waals surface area contributed by atoms with E-state index >= 15 is 0 Å². The molecule has 3 aromatic carbocycles. The van der Waals surface area contributed by atoms with Crippen LogP contribution in [0.4, 0.5) is 5.69 Å². The SMILES string of the molecule is CC[C@@H](C(=O)NC(C)C)N(Cc1c(Cl)cccc1Cl)C(=O)CN(c1ccc(Cl)cc1)S(=O)(=O)c1ccc(OC)c(OC)c1. The number of rotatable bonds is 13. The molecule has 0 unspecified atom stereocenters. The minimum atomic E-state index is -4.36. The summed E-state index contributed by atoms with van der Waals surface area (Å²) in [5.74, 6) is -0.520. The normalized spacial score (nSPS) is 12.0. The number of amides is 2. The molecule has 1 atom stereocenters. The summed E-state index contributed by atoms with van der Waals surface area (Å²) < 4.78 is 39.8. The van der Waals surface area contributed by atoms with Crippen molar-refractivity contribution in [1.29, 1.82) is 0 Å². The molecule has 43 heavy (non-hydrogen) atoms. The van der Waals surface area contributed by atoms with Gasteiger partial charge in [-0.1, -0.05) is 47.8 Å². The van der Waals surface area contributed by atoms with E-state index in [1.807, 2.05) is 0 Å². The first-order chi connectivity index (χ1) is 20.3. The Hall–Kier alpha value is -3.18. The van der Waals surface area contributed by atoms with Gasteiger partial charge in [0, 0.05) is 39.3 Å². The van der Waals surface area contributed by atoms with Crippen LogP contribution in [0.1, 0.15) is 32.8 Å². The van der Waals surface area contributed by atoms with Crippen molar-refractivity contribution in [2.75, 3.05) is 25.1 Å². The fourth-order valence-corrected chi connectivity index (χ4v) is 6.47. The number of nitrogens with one attached hydrogen (secondary N) is 1. The van der Waals surface area contributed by atoms with Gasteiger partial charge in [-0.2, -0.15) is 0 Å². The van der Waals surface area contributed by atoms with Crippen molar-refractivity contribution in [3.63, 3.8) is 0 Å². The zero-order valence-electron chi connectivity index (χ0n) is 24.4. The van der Waals surface area contributed by atoms with Crippen LogP contribution in [0, 0.1) is 0 Å². The van der Waals surface area contributed by atoms with Gasteiger partial charge in [-0.3, -0.25) is 13.9 Å². The highest BCUT2D eigenvalue weighted by Crippen LogP contribution is 2.33. The molecule has 232 valence electrons. The summed E-state index contributed by atoms with van der Waals surface area (Å²) in [6.45, 7) is 4.59. The molecule has 0 saturated heterocycles. The lowest BCUT2D eigenvalue weighted by Gasteiger charge is -2.34. The van der Waals surface area contributed by atoms with Crippen LogP contribution in [0.15, 0.2) is 65.6 Å². The first kappa shape index (κ1) is 34.3. The Balaban J connectivity index is 2.14.